The van der Waals surface area contributed by atoms with Gasteiger partial charge >= 0.3 is 0 Å². The zero-order valence-electron chi connectivity index (χ0n) is 10.9. The SMILES string of the molecule is CCCNc1ncc(C)c(-c2cccc(F)c2F)n1. The third kappa shape index (κ3) is 2.86. The van der Waals surface area contributed by atoms with E-state index in [9.17, 15) is 8.78 Å². The van der Waals surface area contributed by atoms with Gasteiger partial charge < -0.3 is 5.32 Å². The lowest BCUT2D eigenvalue weighted by atomic mass is 10.1. The summed E-state index contributed by atoms with van der Waals surface area (Å²) in [5.41, 5.74) is 1.26. The minimum atomic E-state index is -0.884. The molecule has 0 bridgehead atoms. The molecule has 2 rings (SSSR count). The van der Waals surface area contributed by atoms with Gasteiger partial charge in [-0.05, 0) is 31.0 Å². The van der Waals surface area contributed by atoms with Crippen LogP contribution >= 0.6 is 0 Å². The number of halogens is 2. The molecule has 0 aliphatic rings. The van der Waals surface area contributed by atoms with E-state index < -0.39 is 11.6 Å². The summed E-state index contributed by atoms with van der Waals surface area (Å²) in [4.78, 5) is 8.37. The molecule has 5 heteroatoms. The second kappa shape index (κ2) is 5.73. The summed E-state index contributed by atoms with van der Waals surface area (Å²) in [6, 6.07) is 4.07. The summed E-state index contributed by atoms with van der Waals surface area (Å²) in [6.45, 7) is 4.52. The standard InChI is InChI=1S/C14H15F2N3/c1-3-7-17-14-18-8-9(2)13(19-14)10-5-4-6-11(15)12(10)16/h4-6,8H,3,7H2,1-2H3,(H,17,18,19). The van der Waals surface area contributed by atoms with Crippen LogP contribution in [0.25, 0.3) is 11.3 Å². The Bertz CT molecular complexity index is 585. The minimum Gasteiger partial charge on any atom is -0.354 e. The Morgan fingerprint density at radius 2 is 2.05 bits per heavy atom. The van der Waals surface area contributed by atoms with Crippen molar-refractivity contribution in [1.29, 1.82) is 0 Å². The third-order valence-electron chi connectivity index (χ3n) is 2.71. The van der Waals surface area contributed by atoms with E-state index in [1.54, 1.807) is 13.1 Å². The van der Waals surface area contributed by atoms with Gasteiger partial charge in [-0.1, -0.05) is 13.0 Å². The van der Waals surface area contributed by atoms with Crippen LogP contribution in [0.2, 0.25) is 0 Å². The van der Waals surface area contributed by atoms with Gasteiger partial charge in [0.25, 0.3) is 0 Å². The van der Waals surface area contributed by atoms with Gasteiger partial charge in [0, 0.05) is 18.3 Å². The van der Waals surface area contributed by atoms with E-state index in [1.165, 1.54) is 12.1 Å². The highest BCUT2D eigenvalue weighted by atomic mass is 19.2. The molecule has 100 valence electrons. The first-order valence-corrected chi connectivity index (χ1v) is 6.15. The highest BCUT2D eigenvalue weighted by Crippen LogP contribution is 2.25. The highest BCUT2D eigenvalue weighted by Gasteiger charge is 2.14. The van der Waals surface area contributed by atoms with E-state index in [4.69, 9.17) is 0 Å². The lowest BCUT2D eigenvalue weighted by molar-refractivity contribution is 0.511. The Labute approximate surface area is 110 Å². The number of nitrogens with one attached hydrogen (secondary N) is 1. The smallest absolute Gasteiger partial charge is 0.223 e. The second-order valence-electron chi connectivity index (χ2n) is 4.25. The van der Waals surface area contributed by atoms with Crippen molar-refractivity contribution in [3.8, 4) is 11.3 Å². The number of hydrogen-bond donors (Lipinski definition) is 1. The molecule has 0 fully saturated rings. The topological polar surface area (TPSA) is 37.8 Å². The molecule has 0 saturated carbocycles. The highest BCUT2D eigenvalue weighted by molar-refractivity contribution is 5.64. The number of aryl methyl sites for hydroxylation is 1. The zero-order chi connectivity index (χ0) is 13.8. The lowest BCUT2D eigenvalue weighted by Crippen LogP contribution is -2.06. The van der Waals surface area contributed by atoms with Crippen molar-refractivity contribution in [2.75, 3.05) is 11.9 Å². The maximum Gasteiger partial charge on any atom is 0.223 e. The molecule has 19 heavy (non-hydrogen) atoms. The first kappa shape index (κ1) is 13.4. The Balaban J connectivity index is 2.45. The van der Waals surface area contributed by atoms with Crippen LogP contribution in [0, 0.1) is 18.6 Å². The predicted molar refractivity (Wildman–Crippen MR) is 70.9 cm³/mol. The van der Waals surface area contributed by atoms with Crippen molar-refractivity contribution in [2.45, 2.75) is 20.3 Å². The molecule has 0 amide bonds. The first-order chi connectivity index (χ1) is 9.13. The summed E-state index contributed by atoms with van der Waals surface area (Å²) >= 11 is 0. The molecule has 0 aliphatic carbocycles. The van der Waals surface area contributed by atoms with E-state index in [-0.39, 0.29) is 5.56 Å². The Morgan fingerprint density at radius 3 is 2.79 bits per heavy atom. The summed E-state index contributed by atoms with van der Waals surface area (Å²) in [5, 5.41) is 3.03. The molecule has 0 radical (unpaired) electrons. The van der Waals surface area contributed by atoms with E-state index >= 15 is 0 Å². The average molecular weight is 263 g/mol. The second-order valence-corrected chi connectivity index (χ2v) is 4.25. The number of anilines is 1. The molecule has 3 nitrogen and oxygen atoms in total. The monoisotopic (exact) mass is 263 g/mol. The van der Waals surface area contributed by atoms with Gasteiger partial charge in [-0.2, -0.15) is 0 Å². The van der Waals surface area contributed by atoms with Gasteiger partial charge in [0.1, 0.15) is 0 Å². The van der Waals surface area contributed by atoms with Crippen molar-refractivity contribution in [3.05, 3.63) is 41.6 Å². The molecule has 1 N–H and O–H groups in total. The van der Waals surface area contributed by atoms with Crippen LogP contribution in [-0.4, -0.2) is 16.5 Å². The molecular formula is C14H15F2N3. The van der Waals surface area contributed by atoms with Crippen molar-refractivity contribution in [3.63, 3.8) is 0 Å². The van der Waals surface area contributed by atoms with Crippen LogP contribution in [0.4, 0.5) is 14.7 Å². The molecule has 1 aromatic heterocycles. The largest absolute Gasteiger partial charge is 0.354 e. The van der Waals surface area contributed by atoms with Crippen molar-refractivity contribution in [1.82, 2.24) is 9.97 Å². The molecule has 2 aromatic rings. The first-order valence-electron chi connectivity index (χ1n) is 6.15. The Hall–Kier alpha value is -2.04. The molecule has 0 atom stereocenters. The van der Waals surface area contributed by atoms with Crippen LogP contribution in [0.5, 0.6) is 0 Å². The van der Waals surface area contributed by atoms with E-state index in [1.807, 2.05) is 6.92 Å². The Kier molecular flexibility index (Phi) is 4.04. The molecule has 0 spiro atoms. The van der Waals surface area contributed by atoms with Gasteiger partial charge in [0.05, 0.1) is 5.69 Å². The Morgan fingerprint density at radius 1 is 1.26 bits per heavy atom. The van der Waals surface area contributed by atoms with Crippen molar-refractivity contribution < 1.29 is 8.78 Å². The van der Waals surface area contributed by atoms with Crippen LogP contribution in [0.1, 0.15) is 18.9 Å². The number of benzene rings is 1. The summed E-state index contributed by atoms with van der Waals surface area (Å²) < 4.78 is 27.1. The number of nitrogens with zero attached hydrogens (tertiary/aromatic N) is 2. The van der Waals surface area contributed by atoms with Crippen LogP contribution in [0.3, 0.4) is 0 Å². The average Bonchev–Trinajstić information content (AvgIpc) is 2.41. The fourth-order valence-electron chi connectivity index (χ4n) is 1.72. The van der Waals surface area contributed by atoms with Gasteiger partial charge in [-0.15, -0.1) is 0 Å². The lowest BCUT2D eigenvalue weighted by Gasteiger charge is -2.09. The van der Waals surface area contributed by atoms with E-state index in [0.717, 1.165) is 19.0 Å². The van der Waals surface area contributed by atoms with Crippen LogP contribution < -0.4 is 5.32 Å². The number of hydrogen-bond acceptors (Lipinski definition) is 3. The van der Waals surface area contributed by atoms with Crippen LogP contribution in [0.15, 0.2) is 24.4 Å². The quantitative estimate of drug-likeness (QED) is 0.916. The van der Waals surface area contributed by atoms with Crippen LogP contribution in [-0.2, 0) is 0 Å². The van der Waals surface area contributed by atoms with Gasteiger partial charge in [0.15, 0.2) is 11.6 Å². The van der Waals surface area contributed by atoms with E-state index in [0.29, 0.717) is 17.2 Å². The maximum absolute atomic E-state index is 13.8. The van der Waals surface area contributed by atoms with Gasteiger partial charge in [-0.3, -0.25) is 0 Å². The molecule has 0 unspecified atom stereocenters. The van der Waals surface area contributed by atoms with Crippen molar-refractivity contribution >= 4 is 5.95 Å². The fourth-order valence-corrected chi connectivity index (χ4v) is 1.72. The van der Waals surface area contributed by atoms with Gasteiger partial charge in [-0.25, -0.2) is 18.7 Å². The third-order valence-corrected chi connectivity index (χ3v) is 2.71. The van der Waals surface area contributed by atoms with Crippen molar-refractivity contribution in [2.24, 2.45) is 0 Å². The normalized spacial score (nSPS) is 10.5. The number of aromatic nitrogens is 2. The molecular weight excluding hydrogens is 248 g/mol. The van der Waals surface area contributed by atoms with Gasteiger partial charge in [0.2, 0.25) is 5.95 Å². The minimum absolute atomic E-state index is 0.152. The summed E-state index contributed by atoms with van der Waals surface area (Å²) in [5.74, 6) is -1.34. The molecule has 0 aliphatic heterocycles. The van der Waals surface area contributed by atoms with E-state index in [2.05, 4.69) is 15.3 Å². The molecule has 1 heterocycles. The summed E-state index contributed by atoms with van der Waals surface area (Å²) in [7, 11) is 0. The maximum atomic E-state index is 13.8. The predicted octanol–water partition coefficient (Wildman–Crippen LogP) is 3.55. The molecule has 1 aromatic carbocycles. The molecule has 0 saturated heterocycles. The fraction of sp³-hybridized carbons (Fsp3) is 0.286. The number of rotatable bonds is 4. The zero-order valence-corrected chi connectivity index (χ0v) is 10.9. The summed E-state index contributed by atoms with van der Waals surface area (Å²) in [6.07, 6.45) is 2.53.